The molecule has 0 aliphatic heterocycles. The Hall–Kier alpha value is -2.20. The topological polar surface area (TPSA) is 42.4 Å². The van der Waals surface area contributed by atoms with Crippen LogP contribution in [-0.2, 0) is 0 Å². The van der Waals surface area contributed by atoms with Gasteiger partial charge < -0.3 is 9.64 Å². The fraction of sp³-hybridized carbons (Fsp3) is 0.333. The lowest BCUT2D eigenvalue weighted by molar-refractivity contribution is 0.103. The molecular formula is C18H22N2O2. The summed E-state index contributed by atoms with van der Waals surface area (Å²) >= 11 is 0. The van der Waals surface area contributed by atoms with Gasteiger partial charge in [0.1, 0.15) is 12.4 Å². The van der Waals surface area contributed by atoms with Crippen LogP contribution in [0.2, 0.25) is 0 Å². The molecule has 0 aliphatic carbocycles. The quantitative estimate of drug-likeness (QED) is 0.703. The van der Waals surface area contributed by atoms with Crippen molar-refractivity contribution < 1.29 is 9.53 Å². The largest absolute Gasteiger partial charge is 0.492 e. The van der Waals surface area contributed by atoms with Crippen molar-refractivity contribution in [3.05, 3.63) is 59.9 Å². The smallest absolute Gasteiger partial charge is 0.194 e. The number of hydrogen-bond acceptors (Lipinski definition) is 4. The molecular weight excluding hydrogens is 276 g/mol. The van der Waals surface area contributed by atoms with Crippen molar-refractivity contribution in [2.24, 2.45) is 0 Å². The molecule has 1 heterocycles. The summed E-state index contributed by atoms with van der Waals surface area (Å²) in [5.41, 5.74) is 1.24. The predicted octanol–water partition coefficient (Wildman–Crippen LogP) is 3.03. The zero-order chi connectivity index (χ0) is 15.8. The molecule has 0 amide bonds. The van der Waals surface area contributed by atoms with E-state index in [0.717, 1.165) is 25.4 Å². The number of likely N-dealkylation sites (N-methyl/N-ethyl adjacent to an activating group) is 1. The van der Waals surface area contributed by atoms with Crippen LogP contribution < -0.4 is 4.74 Å². The Balaban J connectivity index is 1.92. The SMILES string of the molecule is CCN(CC)CCOc1ccc(C(=O)c2cccnc2)cc1. The number of nitrogens with zero attached hydrogens (tertiary/aromatic N) is 2. The van der Waals surface area contributed by atoms with Gasteiger partial charge in [0.05, 0.1) is 0 Å². The molecule has 4 heteroatoms. The third kappa shape index (κ3) is 4.40. The average Bonchev–Trinajstić information content (AvgIpc) is 2.59. The lowest BCUT2D eigenvalue weighted by atomic mass is 10.1. The third-order valence-electron chi connectivity index (χ3n) is 3.61. The van der Waals surface area contributed by atoms with E-state index in [2.05, 4.69) is 23.7 Å². The summed E-state index contributed by atoms with van der Waals surface area (Å²) in [5, 5.41) is 0. The van der Waals surface area contributed by atoms with Crippen LogP contribution in [0.5, 0.6) is 5.75 Å². The van der Waals surface area contributed by atoms with Gasteiger partial charge in [-0.05, 0) is 49.5 Å². The molecule has 0 N–H and O–H groups in total. The Labute approximate surface area is 131 Å². The second-order valence-electron chi connectivity index (χ2n) is 4.97. The summed E-state index contributed by atoms with van der Waals surface area (Å²) in [4.78, 5) is 18.5. The molecule has 0 saturated heterocycles. The number of rotatable bonds is 8. The zero-order valence-corrected chi connectivity index (χ0v) is 13.2. The van der Waals surface area contributed by atoms with Crippen molar-refractivity contribution in [1.29, 1.82) is 0 Å². The van der Waals surface area contributed by atoms with Gasteiger partial charge in [-0.3, -0.25) is 9.78 Å². The Bertz CT molecular complexity index is 578. The Morgan fingerprint density at radius 3 is 2.41 bits per heavy atom. The minimum Gasteiger partial charge on any atom is -0.492 e. The van der Waals surface area contributed by atoms with Gasteiger partial charge in [0.2, 0.25) is 0 Å². The summed E-state index contributed by atoms with van der Waals surface area (Å²) < 4.78 is 5.72. The molecule has 4 nitrogen and oxygen atoms in total. The minimum atomic E-state index is -0.0252. The third-order valence-corrected chi connectivity index (χ3v) is 3.61. The number of benzene rings is 1. The maximum atomic E-state index is 12.3. The average molecular weight is 298 g/mol. The molecule has 0 radical (unpaired) electrons. The standard InChI is InChI=1S/C18H22N2O2/c1-3-20(4-2)12-13-22-17-9-7-15(8-10-17)18(21)16-6-5-11-19-14-16/h5-11,14H,3-4,12-13H2,1-2H3. The highest BCUT2D eigenvalue weighted by Crippen LogP contribution is 2.15. The van der Waals surface area contributed by atoms with E-state index in [1.54, 1.807) is 36.7 Å². The lowest BCUT2D eigenvalue weighted by Gasteiger charge is -2.18. The maximum Gasteiger partial charge on any atom is 0.194 e. The van der Waals surface area contributed by atoms with Crippen LogP contribution in [0, 0.1) is 0 Å². The fourth-order valence-electron chi connectivity index (χ4n) is 2.20. The van der Waals surface area contributed by atoms with Gasteiger partial charge in [0.15, 0.2) is 5.78 Å². The highest BCUT2D eigenvalue weighted by Gasteiger charge is 2.09. The molecule has 22 heavy (non-hydrogen) atoms. The second kappa shape index (κ2) is 8.29. The van der Waals surface area contributed by atoms with Gasteiger partial charge in [0.25, 0.3) is 0 Å². The number of pyridine rings is 1. The maximum absolute atomic E-state index is 12.3. The van der Waals surface area contributed by atoms with E-state index in [0.29, 0.717) is 17.7 Å². The van der Waals surface area contributed by atoms with E-state index in [1.165, 1.54) is 0 Å². The molecule has 2 aromatic rings. The lowest BCUT2D eigenvalue weighted by Crippen LogP contribution is -2.27. The van der Waals surface area contributed by atoms with Gasteiger partial charge in [-0.25, -0.2) is 0 Å². The normalized spacial score (nSPS) is 10.7. The summed E-state index contributed by atoms with van der Waals surface area (Å²) in [6.07, 6.45) is 3.24. The van der Waals surface area contributed by atoms with Gasteiger partial charge >= 0.3 is 0 Å². The Morgan fingerprint density at radius 2 is 1.82 bits per heavy atom. The number of carbonyl (C=O) groups excluding carboxylic acids is 1. The number of hydrogen-bond donors (Lipinski definition) is 0. The molecule has 2 rings (SSSR count). The Kier molecular flexibility index (Phi) is 6.10. The first-order valence-electron chi connectivity index (χ1n) is 7.64. The number of carbonyl (C=O) groups is 1. The van der Waals surface area contributed by atoms with Crippen molar-refractivity contribution >= 4 is 5.78 Å². The summed E-state index contributed by atoms with van der Waals surface area (Å²) in [5.74, 6) is 0.762. The van der Waals surface area contributed by atoms with Crippen molar-refractivity contribution in [1.82, 2.24) is 9.88 Å². The number of ether oxygens (including phenoxy) is 1. The van der Waals surface area contributed by atoms with Crippen molar-refractivity contribution in [2.75, 3.05) is 26.2 Å². The molecule has 0 fully saturated rings. The first-order valence-corrected chi connectivity index (χ1v) is 7.64. The van der Waals surface area contributed by atoms with E-state index >= 15 is 0 Å². The molecule has 0 atom stereocenters. The van der Waals surface area contributed by atoms with Crippen LogP contribution in [0.1, 0.15) is 29.8 Å². The van der Waals surface area contributed by atoms with Gasteiger partial charge in [-0.1, -0.05) is 13.8 Å². The van der Waals surface area contributed by atoms with E-state index in [9.17, 15) is 4.79 Å². The van der Waals surface area contributed by atoms with Crippen LogP contribution in [0.4, 0.5) is 0 Å². The molecule has 0 aliphatic rings. The van der Waals surface area contributed by atoms with Crippen LogP contribution >= 0.6 is 0 Å². The van der Waals surface area contributed by atoms with E-state index in [-0.39, 0.29) is 5.78 Å². The molecule has 1 aromatic carbocycles. The summed E-state index contributed by atoms with van der Waals surface area (Å²) in [6, 6.07) is 10.8. The van der Waals surface area contributed by atoms with Gasteiger partial charge in [-0.15, -0.1) is 0 Å². The monoisotopic (exact) mass is 298 g/mol. The van der Waals surface area contributed by atoms with E-state index in [1.807, 2.05) is 12.1 Å². The van der Waals surface area contributed by atoms with Crippen LogP contribution in [0.25, 0.3) is 0 Å². The number of ketones is 1. The van der Waals surface area contributed by atoms with Crippen molar-refractivity contribution in [2.45, 2.75) is 13.8 Å². The molecule has 0 unspecified atom stereocenters. The molecule has 116 valence electrons. The second-order valence-corrected chi connectivity index (χ2v) is 4.97. The fourth-order valence-corrected chi connectivity index (χ4v) is 2.20. The first-order chi connectivity index (χ1) is 10.7. The van der Waals surface area contributed by atoms with E-state index < -0.39 is 0 Å². The highest BCUT2D eigenvalue weighted by molar-refractivity contribution is 6.08. The minimum absolute atomic E-state index is 0.0252. The Morgan fingerprint density at radius 1 is 1.09 bits per heavy atom. The van der Waals surface area contributed by atoms with Crippen LogP contribution in [0.3, 0.4) is 0 Å². The van der Waals surface area contributed by atoms with E-state index in [4.69, 9.17) is 4.74 Å². The van der Waals surface area contributed by atoms with Crippen LogP contribution in [-0.4, -0.2) is 41.9 Å². The van der Waals surface area contributed by atoms with Crippen molar-refractivity contribution in [3.63, 3.8) is 0 Å². The van der Waals surface area contributed by atoms with Gasteiger partial charge in [-0.2, -0.15) is 0 Å². The first kappa shape index (κ1) is 16.2. The van der Waals surface area contributed by atoms with Crippen LogP contribution in [0.15, 0.2) is 48.8 Å². The number of aromatic nitrogens is 1. The molecule has 1 aromatic heterocycles. The summed E-state index contributed by atoms with van der Waals surface area (Å²) in [6.45, 7) is 7.89. The summed E-state index contributed by atoms with van der Waals surface area (Å²) in [7, 11) is 0. The highest BCUT2D eigenvalue weighted by atomic mass is 16.5. The molecule has 0 saturated carbocycles. The van der Waals surface area contributed by atoms with Crippen molar-refractivity contribution in [3.8, 4) is 5.75 Å². The van der Waals surface area contributed by atoms with Gasteiger partial charge in [0, 0.05) is 30.1 Å². The predicted molar refractivity (Wildman–Crippen MR) is 87.4 cm³/mol. The molecule has 0 bridgehead atoms. The zero-order valence-electron chi connectivity index (χ0n) is 13.2. The molecule has 0 spiro atoms.